The van der Waals surface area contributed by atoms with E-state index in [0.29, 0.717) is 0 Å². The normalized spacial score (nSPS) is 10.4. The Morgan fingerprint density at radius 2 is 1.86 bits per heavy atom. The molecule has 1 aromatic heterocycles. The van der Waals surface area contributed by atoms with Crippen LogP contribution >= 0.6 is 11.5 Å². The van der Waals surface area contributed by atoms with Gasteiger partial charge in [0.2, 0.25) is 0 Å². The van der Waals surface area contributed by atoms with Crippen LogP contribution in [-0.2, 0) is 0 Å². The third-order valence-corrected chi connectivity index (χ3v) is 2.95. The van der Waals surface area contributed by atoms with Crippen LogP contribution in [0.3, 0.4) is 0 Å². The molecule has 0 N–H and O–H groups in total. The van der Waals surface area contributed by atoms with Crippen molar-refractivity contribution in [2.24, 2.45) is 0 Å². The van der Waals surface area contributed by atoms with E-state index in [1.807, 2.05) is 6.20 Å². The third-order valence-electron chi connectivity index (χ3n) is 2.22. The molecule has 1 rings (SSSR count). The highest BCUT2D eigenvalue weighted by Crippen LogP contribution is 2.18. The predicted octanol–water partition coefficient (Wildman–Crippen LogP) is 2.94. The zero-order chi connectivity index (χ0) is 10.2. The number of hydrogen-bond acceptors (Lipinski definition) is 4. The van der Waals surface area contributed by atoms with Gasteiger partial charge in [0.25, 0.3) is 0 Å². The Morgan fingerprint density at radius 1 is 1.21 bits per heavy atom. The smallest absolute Gasteiger partial charge is 0.132 e. The van der Waals surface area contributed by atoms with Crippen LogP contribution in [0.4, 0.5) is 5.00 Å². The van der Waals surface area contributed by atoms with Gasteiger partial charge in [-0.1, -0.05) is 31.2 Å². The molecule has 0 aromatic carbocycles. The average molecular weight is 213 g/mol. The van der Waals surface area contributed by atoms with E-state index >= 15 is 0 Å². The molecular formula is C10H19N3S. The molecule has 0 aliphatic heterocycles. The van der Waals surface area contributed by atoms with E-state index in [-0.39, 0.29) is 0 Å². The molecule has 4 heteroatoms. The molecule has 0 unspecified atom stereocenters. The van der Waals surface area contributed by atoms with E-state index in [0.717, 1.165) is 13.1 Å². The van der Waals surface area contributed by atoms with Crippen LogP contribution < -0.4 is 4.90 Å². The van der Waals surface area contributed by atoms with Crippen molar-refractivity contribution in [1.29, 1.82) is 0 Å². The zero-order valence-corrected chi connectivity index (χ0v) is 9.89. The SMILES string of the molecule is CCCCN(CCCC)c1cnns1. The van der Waals surface area contributed by atoms with E-state index in [1.54, 1.807) is 0 Å². The summed E-state index contributed by atoms with van der Waals surface area (Å²) in [5.41, 5.74) is 0. The third kappa shape index (κ3) is 3.62. The lowest BCUT2D eigenvalue weighted by Crippen LogP contribution is -2.24. The minimum Gasteiger partial charge on any atom is -0.361 e. The first kappa shape index (κ1) is 11.4. The van der Waals surface area contributed by atoms with Gasteiger partial charge in [0, 0.05) is 24.6 Å². The van der Waals surface area contributed by atoms with Gasteiger partial charge in [0.05, 0.1) is 6.20 Å². The van der Waals surface area contributed by atoms with Crippen molar-refractivity contribution in [2.75, 3.05) is 18.0 Å². The molecule has 0 amide bonds. The van der Waals surface area contributed by atoms with Crippen LogP contribution in [-0.4, -0.2) is 22.7 Å². The fourth-order valence-electron chi connectivity index (χ4n) is 1.33. The van der Waals surface area contributed by atoms with E-state index in [1.165, 1.54) is 42.2 Å². The van der Waals surface area contributed by atoms with Gasteiger partial charge in [-0.25, -0.2) is 0 Å². The van der Waals surface area contributed by atoms with Crippen LogP contribution in [0, 0.1) is 0 Å². The van der Waals surface area contributed by atoms with Gasteiger partial charge < -0.3 is 4.90 Å². The lowest BCUT2D eigenvalue weighted by molar-refractivity contribution is 0.681. The highest BCUT2D eigenvalue weighted by molar-refractivity contribution is 7.09. The molecule has 1 aromatic rings. The summed E-state index contributed by atoms with van der Waals surface area (Å²) in [6, 6.07) is 0. The monoisotopic (exact) mass is 213 g/mol. The summed E-state index contributed by atoms with van der Waals surface area (Å²) in [7, 11) is 0. The molecule has 0 bridgehead atoms. The van der Waals surface area contributed by atoms with E-state index in [2.05, 4.69) is 28.3 Å². The molecule has 0 aliphatic carbocycles. The predicted molar refractivity (Wildman–Crippen MR) is 61.9 cm³/mol. The molecule has 0 saturated carbocycles. The van der Waals surface area contributed by atoms with Crippen LogP contribution in [0.2, 0.25) is 0 Å². The van der Waals surface area contributed by atoms with Gasteiger partial charge in [-0.05, 0) is 12.8 Å². The summed E-state index contributed by atoms with van der Waals surface area (Å²) in [4.78, 5) is 2.40. The van der Waals surface area contributed by atoms with Crippen LogP contribution in [0.1, 0.15) is 39.5 Å². The lowest BCUT2D eigenvalue weighted by Gasteiger charge is -2.21. The highest BCUT2D eigenvalue weighted by Gasteiger charge is 2.07. The summed E-state index contributed by atoms with van der Waals surface area (Å²) in [6.45, 7) is 6.73. The molecule has 0 spiro atoms. The van der Waals surface area contributed by atoms with Gasteiger partial charge in [-0.15, -0.1) is 5.10 Å². The van der Waals surface area contributed by atoms with E-state index < -0.39 is 0 Å². The summed E-state index contributed by atoms with van der Waals surface area (Å²) in [6.07, 6.45) is 6.86. The Kier molecular flexibility index (Phi) is 5.52. The first-order valence-electron chi connectivity index (χ1n) is 5.40. The largest absolute Gasteiger partial charge is 0.361 e. The maximum atomic E-state index is 3.91. The number of anilines is 1. The lowest BCUT2D eigenvalue weighted by atomic mass is 10.3. The summed E-state index contributed by atoms with van der Waals surface area (Å²) in [5.74, 6) is 0. The second kappa shape index (κ2) is 6.76. The van der Waals surface area contributed by atoms with Crippen molar-refractivity contribution in [3.8, 4) is 0 Å². The minimum absolute atomic E-state index is 1.14. The van der Waals surface area contributed by atoms with Crippen LogP contribution in [0.25, 0.3) is 0 Å². The van der Waals surface area contributed by atoms with Gasteiger partial charge in [0.15, 0.2) is 0 Å². The number of rotatable bonds is 7. The van der Waals surface area contributed by atoms with Crippen molar-refractivity contribution in [2.45, 2.75) is 39.5 Å². The second-order valence-corrected chi connectivity index (χ2v) is 4.21. The van der Waals surface area contributed by atoms with Gasteiger partial charge in [0.1, 0.15) is 5.00 Å². The number of hydrogen-bond donors (Lipinski definition) is 0. The van der Waals surface area contributed by atoms with Crippen LogP contribution in [0.5, 0.6) is 0 Å². The van der Waals surface area contributed by atoms with Crippen molar-refractivity contribution < 1.29 is 0 Å². The molecule has 0 aliphatic rings. The standard InChI is InChI=1S/C10H19N3S/c1-3-5-7-13(8-6-4-2)10-9-11-12-14-10/h9H,3-8H2,1-2H3. The van der Waals surface area contributed by atoms with Crippen molar-refractivity contribution >= 4 is 16.5 Å². The van der Waals surface area contributed by atoms with Crippen molar-refractivity contribution in [3.05, 3.63) is 6.20 Å². The fraction of sp³-hybridized carbons (Fsp3) is 0.800. The molecule has 14 heavy (non-hydrogen) atoms. The summed E-state index contributed by atoms with van der Waals surface area (Å²) >= 11 is 1.50. The average Bonchev–Trinajstić information content (AvgIpc) is 2.71. The first-order valence-corrected chi connectivity index (χ1v) is 6.18. The van der Waals surface area contributed by atoms with Crippen LogP contribution in [0.15, 0.2) is 6.20 Å². The Bertz CT molecular complexity index is 215. The minimum atomic E-state index is 1.14. The van der Waals surface area contributed by atoms with Gasteiger partial charge in [-0.2, -0.15) is 0 Å². The number of nitrogens with zero attached hydrogens (tertiary/aromatic N) is 3. The number of aromatic nitrogens is 2. The fourth-order valence-corrected chi connectivity index (χ4v) is 1.90. The van der Waals surface area contributed by atoms with Gasteiger partial charge in [-0.3, -0.25) is 0 Å². The first-order chi connectivity index (χ1) is 6.88. The Labute approximate surface area is 90.3 Å². The maximum absolute atomic E-state index is 3.91. The summed E-state index contributed by atoms with van der Waals surface area (Å²) in [5, 5.41) is 5.10. The molecule has 1 heterocycles. The number of unbranched alkanes of at least 4 members (excludes halogenated alkanes) is 2. The van der Waals surface area contributed by atoms with Crippen molar-refractivity contribution in [3.63, 3.8) is 0 Å². The molecule has 0 fully saturated rings. The quantitative estimate of drug-likeness (QED) is 0.697. The molecular weight excluding hydrogens is 194 g/mol. The zero-order valence-electron chi connectivity index (χ0n) is 9.07. The molecule has 80 valence electrons. The molecule has 0 atom stereocenters. The molecule has 0 radical (unpaired) electrons. The van der Waals surface area contributed by atoms with Crippen molar-refractivity contribution in [1.82, 2.24) is 9.59 Å². The Hall–Kier alpha value is -0.640. The van der Waals surface area contributed by atoms with E-state index in [4.69, 9.17) is 0 Å². The van der Waals surface area contributed by atoms with Gasteiger partial charge >= 0.3 is 0 Å². The molecule has 0 saturated heterocycles. The Balaban J connectivity index is 2.44. The second-order valence-electron chi connectivity index (χ2n) is 3.45. The highest BCUT2D eigenvalue weighted by atomic mass is 32.1. The Morgan fingerprint density at radius 3 is 2.29 bits per heavy atom. The summed E-state index contributed by atoms with van der Waals surface area (Å²) < 4.78 is 3.91. The molecule has 3 nitrogen and oxygen atoms in total. The van der Waals surface area contributed by atoms with E-state index in [9.17, 15) is 0 Å². The topological polar surface area (TPSA) is 29.0 Å². The maximum Gasteiger partial charge on any atom is 0.132 e.